The third kappa shape index (κ3) is 2.60. The van der Waals surface area contributed by atoms with Gasteiger partial charge in [-0.1, -0.05) is 29.3 Å². The smallest absolute Gasteiger partial charge is 0.349 e. The molecule has 0 saturated heterocycles. The Kier molecular flexibility index (Phi) is 3.66. The minimum Gasteiger partial charge on any atom is -0.465 e. The highest BCUT2D eigenvalue weighted by molar-refractivity contribution is 7.16. The first-order valence-electron chi connectivity index (χ1n) is 4.61. The number of hydrogen-bond donors (Lipinski definition) is 0. The van der Waals surface area contributed by atoms with Gasteiger partial charge in [-0.3, -0.25) is 0 Å². The lowest BCUT2D eigenvalue weighted by Crippen LogP contribution is -1.96. The quantitative estimate of drug-likeness (QED) is 0.787. The summed E-state index contributed by atoms with van der Waals surface area (Å²) in [6.07, 6.45) is 1.48. The molecule has 0 aliphatic carbocycles. The molecule has 1 aromatic carbocycles. The number of benzene rings is 1. The molecule has 6 heteroatoms. The summed E-state index contributed by atoms with van der Waals surface area (Å²) >= 11 is 13.0. The van der Waals surface area contributed by atoms with Crippen molar-refractivity contribution in [1.29, 1.82) is 0 Å². The average molecular weight is 288 g/mol. The van der Waals surface area contributed by atoms with Crippen LogP contribution in [0.15, 0.2) is 24.4 Å². The monoisotopic (exact) mass is 287 g/mol. The topological polar surface area (TPSA) is 39.2 Å². The van der Waals surface area contributed by atoms with Crippen LogP contribution in [-0.4, -0.2) is 18.1 Å². The fourth-order valence-electron chi connectivity index (χ4n) is 1.23. The van der Waals surface area contributed by atoms with Crippen LogP contribution < -0.4 is 0 Å². The number of rotatable bonds is 2. The molecule has 3 nitrogen and oxygen atoms in total. The van der Waals surface area contributed by atoms with Gasteiger partial charge in [-0.2, -0.15) is 0 Å². The van der Waals surface area contributed by atoms with Crippen LogP contribution in [0.3, 0.4) is 0 Å². The van der Waals surface area contributed by atoms with Crippen molar-refractivity contribution in [2.24, 2.45) is 0 Å². The van der Waals surface area contributed by atoms with E-state index in [9.17, 15) is 4.79 Å². The van der Waals surface area contributed by atoms with Crippen LogP contribution in [0.4, 0.5) is 0 Å². The summed E-state index contributed by atoms with van der Waals surface area (Å²) in [7, 11) is 1.33. The van der Waals surface area contributed by atoms with Gasteiger partial charge in [0.15, 0.2) is 0 Å². The van der Waals surface area contributed by atoms with Gasteiger partial charge in [0.1, 0.15) is 9.88 Å². The molecule has 0 aliphatic rings. The molecule has 0 atom stereocenters. The second kappa shape index (κ2) is 5.04. The molecule has 0 aliphatic heterocycles. The lowest BCUT2D eigenvalue weighted by molar-refractivity contribution is 0.0606. The number of esters is 1. The van der Waals surface area contributed by atoms with E-state index in [1.807, 2.05) is 0 Å². The Hall–Kier alpha value is -1.10. The van der Waals surface area contributed by atoms with Gasteiger partial charge in [-0.15, -0.1) is 11.3 Å². The number of hydrogen-bond acceptors (Lipinski definition) is 4. The molecule has 2 rings (SSSR count). The lowest BCUT2D eigenvalue weighted by Gasteiger charge is -1.98. The third-order valence-corrected chi connectivity index (χ3v) is 3.82. The molecule has 0 spiro atoms. The number of carbonyl (C=O) groups is 1. The zero-order valence-electron chi connectivity index (χ0n) is 8.74. The molecular weight excluding hydrogens is 281 g/mol. The Morgan fingerprint density at radius 2 is 2.12 bits per heavy atom. The first-order valence-corrected chi connectivity index (χ1v) is 6.18. The molecule has 0 unspecified atom stereocenters. The molecule has 0 amide bonds. The second-order valence-electron chi connectivity index (χ2n) is 3.15. The Balaban J connectivity index is 2.37. The van der Waals surface area contributed by atoms with Crippen molar-refractivity contribution in [1.82, 2.24) is 4.98 Å². The summed E-state index contributed by atoms with van der Waals surface area (Å²) in [5.74, 6) is -0.395. The van der Waals surface area contributed by atoms with Gasteiger partial charge in [0, 0.05) is 5.56 Å². The fourth-order valence-corrected chi connectivity index (χ4v) is 2.36. The number of carbonyl (C=O) groups excluding carboxylic acids is 1. The Morgan fingerprint density at radius 3 is 2.76 bits per heavy atom. The zero-order chi connectivity index (χ0) is 12.4. The molecule has 2 aromatic rings. The van der Waals surface area contributed by atoms with Gasteiger partial charge in [0.05, 0.1) is 23.4 Å². The zero-order valence-corrected chi connectivity index (χ0v) is 11.1. The fraction of sp³-hybridized carbons (Fsp3) is 0.0909. The largest absolute Gasteiger partial charge is 0.465 e. The van der Waals surface area contributed by atoms with E-state index in [0.29, 0.717) is 19.9 Å². The summed E-state index contributed by atoms with van der Waals surface area (Å²) in [5.41, 5.74) is 0.819. The van der Waals surface area contributed by atoms with E-state index in [0.717, 1.165) is 5.56 Å². The third-order valence-electron chi connectivity index (χ3n) is 2.06. The number of nitrogens with zero attached hydrogens (tertiary/aromatic N) is 1. The highest BCUT2D eigenvalue weighted by atomic mass is 35.5. The SMILES string of the molecule is COC(=O)c1cnc(-c2ccc(Cl)c(Cl)c2)s1. The van der Waals surface area contributed by atoms with Crippen LogP contribution in [0.2, 0.25) is 10.0 Å². The van der Waals surface area contributed by atoms with Gasteiger partial charge in [-0.05, 0) is 12.1 Å². The molecule has 0 saturated carbocycles. The Morgan fingerprint density at radius 1 is 1.35 bits per heavy atom. The van der Waals surface area contributed by atoms with E-state index in [2.05, 4.69) is 9.72 Å². The van der Waals surface area contributed by atoms with Crippen molar-refractivity contribution in [3.05, 3.63) is 39.3 Å². The minimum absolute atomic E-state index is 0.395. The van der Waals surface area contributed by atoms with E-state index in [1.165, 1.54) is 24.6 Å². The van der Waals surface area contributed by atoms with Crippen LogP contribution >= 0.6 is 34.5 Å². The van der Waals surface area contributed by atoms with Gasteiger partial charge >= 0.3 is 5.97 Å². The van der Waals surface area contributed by atoms with Crippen molar-refractivity contribution in [3.8, 4) is 10.6 Å². The number of ether oxygens (including phenoxy) is 1. The highest BCUT2D eigenvalue weighted by Crippen LogP contribution is 2.31. The number of aromatic nitrogens is 1. The molecule has 88 valence electrons. The molecule has 1 heterocycles. The standard InChI is InChI=1S/C11H7Cl2NO2S/c1-16-11(15)9-5-14-10(17-9)6-2-3-7(12)8(13)4-6/h2-5H,1H3. The first kappa shape index (κ1) is 12.4. The van der Waals surface area contributed by atoms with Gasteiger partial charge in [0.2, 0.25) is 0 Å². The maximum atomic E-state index is 11.3. The normalized spacial score (nSPS) is 10.3. The predicted molar refractivity (Wildman–Crippen MR) is 68.9 cm³/mol. The summed E-state index contributed by atoms with van der Waals surface area (Å²) in [5, 5.41) is 1.64. The van der Waals surface area contributed by atoms with Crippen molar-refractivity contribution in [2.75, 3.05) is 7.11 Å². The van der Waals surface area contributed by atoms with Crippen molar-refractivity contribution in [2.45, 2.75) is 0 Å². The van der Waals surface area contributed by atoms with Crippen molar-refractivity contribution >= 4 is 40.5 Å². The summed E-state index contributed by atoms with van der Waals surface area (Å²) in [4.78, 5) is 15.9. The summed E-state index contributed by atoms with van der Waals surface area (Å²) in [6, 6.07) is 5.20. The van der Waals surface area contributed by atoms with Crippen LogP contribution in [0, 0.1) is 0 Å². The van der Waals surface area contributed by atoms with Crippen molar-refractivity contribution < 1.29 is 9.53 Å². The molecule has 0 fully saturated rings. The van der Waals surface area contributed by atoms with E-state index in [1.54, 1.807) is 18.2 Å². The average Bonchev–Trinajstić information content (AvgIpc) is 2.81. The van der Waals surface area contributed by atoms with E-state index in [4.69, 9.17) is 23.2 Å². The number of halogens is 2. The molecule has 0 radical (unpaired) electrons. The van der Waals surface area contributed by atoms with E-state index >= 15 is 0 Å². The number of thiazole rings is 1. The maximum absolute atomic E-state index is 11.3. The first-order chi connectivity index (χ1) is 8.11. The predicted octanol–water partition coefficient (Wildman–Crippen LogP) is 3.90. The molecule has 17 heavy (non-hydrogen) atoms. The number of methoxy groups -OCH3 is 1. The minimum atomic E-state index is -0.395. The summed E-state index contributed by atoms with van der Waals surface area (Å²) < 4.78 is 4.61. The van der Waals surface area contributed by atoms with Gasteiger partial charge in [0.25, 0.3) is 0 Å². The lowest BCUT2D eigenvalue weighted by atomic mass is 10.2. The molecular formula is C11H7Cl2NO2S. The van der Waals surface area contributed by atoms with Crippen LogP contribution in [0.5, 0.6) is 0 Å². The van der Waals surface area contributed by atoms with Crippen LogP contribution in [0.1, 0.15) is 9.67 Å². The van der Waals surface area contributed by atoms with Gasteiger partial charge in [-0.25, -0.2) is 9.78 Å². The Bertz CT molecular complexity index is 568. The molecule has 0 bridgehead atoms. The van der Waals surface area contributed by atoms with Gasteiger partial charge < -0.3 is 4.74 Å². The van der Waals surface area contributed by atoms with Crippen LogP contribution in [0.25, 0.3) is 10.6 Å². The van der Waals surface area contributed by atoms with Crippen LogP contribution in [-0.2, 0) is 4.74 Å². The summed E-state index contributed by atoms with van der Waals surface area (Å²) in [6.45, 7) is 0. The second-order valence-corrected chi connectivity index (χ2v) is 5.00. The van der Waals surface area contributed by atoms with Crippen molar-refractivity contribution in [3.63, 3.8) is 0 Å². The van der Waals surface area contributed by atoms with E-state index < -0.39 is 5.97 Å². The Labute approximate surface area is 112 Å². The van der Waals surface area contributed by atoms with E-state index in [-0.39, 0.29) is 0 Å². The highest BCUT2D eigenvalue weighted by Gasteiger charge is 2.12. The molecule has 0 N–H and O–H groups in total. The molecule has 1 aromatic heterocycles. The maximum Gasteiger partial charge on any atom is 0.349 e.